The lowest BCUT2D eigenvalue weighted by atomic mass is 9.89. The van der Waals surface area contributed by atoms with Gasteiger partial charge in [-0.1, -0.05) is 0 Å². The number of amides is 1. The zero-order valence-corrected chi connectivity index (χ0v) is 13.5. The summed E-state index contributed by atoms with van der Waals surface area (Å²) in [6.07, 6.45) is 7.38. The van der Waals surface area contributed by atoms with E-state index in [1.165, 1.54) is 45.3 Å². The van der Waals surface area contributed by atoms with Gasteiger partial charge in [0.2, 0.25) is 5.91 Å². The summed E-state index contributed by atoms with van der Waals surface area (Å²) in [5, 5.41) is 3.45. The Morgan fingerprint density at radius 2 is 1.76 bits per heavy atom. The van der Waals surface area contributed by atoms with Crippen LogP contribution in [-0.2, 0) is 4.79 Å². The third kappa shape index (κ3) is 3.78. The molecule has 0 spiro atoms. The highest BCUT2D eigenvalue weighted by atomic mass is 16.2. The number of nitrogens with one attached hydrogen (secondary N) is 1. The molecular weight excluding hydrogens is 262 g/mol. The maximum Gasteiger partial charge on any atom is 0.227 e. The van der Waals surface area contributed by atoms with Crippen LogP contribution in [0, 0.1) is 11.8 Å². The Hall–Kier alpha value is -0.610. The molecule has 0 aliphatic carbocycles. The largest absolute Gasteiger partial charge is 0.342 e. The summed E-state index contributed by atoms with van der Waals surface area (Å²) >= 11 is 0. The zero-order valence-electron chi connectivity index (χ0n) is 13.5. The van der Waals surface area contributed by atoms with Crippen molar-refractivity contribution in [3.8, 4) is 0 Å². The minimum Gasteiger partial charge on any atom is -0.342 e. The first-order chi connectivity index (χ1) is 10.2. The lowest BCUT2D eigenvalue weighted by Crippen LogP contribution is -2.50. The third-order valence-corrected chi connectivity index (χ3v) is 5.72. The number of nitrogens with zero attached hydrogens (tertiary/aromatic N) is 2. The van der Waals surface area contributed by atoms with Gasteiger partial charge in [0, 0.05) is 25.7 Å². The quantitative estimate of drug-likeness (QED) is 0.860. The van der Waals surface area contributed by atoms with E-state index >= 15 is 0 Å². The number of hydrogen-bond acceptors (Lipinski definition) is 3. The summed E-state index contributed by atoms with van der Waals surface area (Å²) in [5.74, 6) is 1.44. The first-order valence-corrected chi connectivity index (χ1v) is 8.98. The van der Waals surface area contributed by atoms with Crippen LogP contribution >= 0.6 is 0 Å². The van der Waals surface area contributed by atoms with E-state index in [0.29, 0.717) is 11.9 Å². The highest BCUT2D eigenvalue weighted by Crippen LogP contribution is 2.24. The van der Waals surface area contributed by atoms with Gasteiger partial charge < -0.3 is 15.1 Å². The number of hydrogen-bond donors (Lipinski definition) is 1. The van der Waals surface area contributed by atoms with Gasteiger partial charge in [0.05, 0.1) is 5.92 Å². The normalized spacial score (nSPS) is 32.5. The van der Waals surface area contributed by atoms with Crippen molar-refractivity contribution in [1.82, 2.24) is 15.1 Å². The maximum atomic E-state index is 12.7. The lowest BCUT2D eigenvalue weighted by molar-refractivity contribution is -0.138. The summed E-state index contributed by atoms with van der Waals surface area (Å²) < 4.78 is 0. The van der Waals surface area contributed by atoms with Crippen LogP contribution in [0.5, 0.6) is 0 Å². The number of carbonyl (C=O) groups is 1. The van der Waals surface area contributed by atoms with Gasteiger partial charge in [-0.25, -0.2) is 0 Å². The first kappa shape index (κ1) is 15.3. The van der Waals surface area contributed by atoms with E-state index in [9.17, 15) is 4.79 Å². The fourth-order valence-corrected chi connectivity index (χ4v) is 4.28. The van der Waals surface area contributed by atoms with E-state index in [-0.39, 0.29) is 5.92 Å². The molecule has 0 radical (unpaired) electrons. The van der Waals surface area contributed by atoms with E-state index in [1.807, 2.05) is 0 Å². The van der Waals surface area contributed by atoms with Crippen molar-refractivity contribution in [2.75, 3.05) is 39.3 Å². The summed E-state index contributed by atoms with van der Waals surface area (Å²) in [4.78, 5) is 17.5. The van der Waals surface area contributed by atoms with E-state index in [0.717, 1.165) is 38.4 Å². The van der Waals surface area contributed by atoms with Crippen molar-refractivity contribution in [3.63, 3.8) is 0 Å². The fraction of sp³-hybridized carbons (Fsp3) is 0.941. The van der Waals surface area contributed by atoms with Crippen molar-refractivity contribution in [2.45, 2.75) is 51.5 Å². The molecule has 1 N–H and O–H groups in total. The monoisotopic (exact) mass is 293 g/mol. The molecule has 3 aliphatic heterocycles. The second kappa shape index (κ2) is 7.10. The third-order valence-electron chi connectivity index (χ3n) is 5.72. The molecule has 2 atom stereocenters. The van der Waals surface area contributed by atoms with Gasteiger partial charge in [-0.3, -0.25) is 4.79 Å². The molecular formula is C17H31N3O. The Kier molecular flexibility index (Phi) is 5.17. The highest BCUT2D eigenvalue weighted by molar-refractivity contribution is 5.79. The van der Waals surface area contributed by atoms with Gasteiger partial charge >= 0.3 is 0 Å². The number of carbonyl (C=O) groups excluding carboxylic acids is 1. The van der Waals surface area contributed by atoms with Gasteiger partial charge in [-0.15, -0.1) is 0 Å². The topological polar surface area (TPSA) is 35.6 Å². The Bertz CT molecular complexity index is 346. The molecule has 4 heteroatoms. The molecule has 4 nitrogen and oxygen atoms in total. The van der Waals surface area contributed by atoms with Crippen molar-refractivity contribution < 1.29 is 4.79 Å². The Labute approximate surface area is 129 Å². The second-order valence-electron chi connectivity index (χ2n) is 7.27. The highest BCUT2D eigenvalue weighted by Gasteiger charge is 2.33. The lowest BCUT2D eigenvalue weighted by Gasteiger charge is -2.38. The molecule has 0 saturated carbocycles. The zero-order chi connectivity index (χ0) is 14.7. The number of piperidine rings is 2. The van der Waals surface area contributed by atoms with Crippen molar-refractivity contribution in [2.24, 2.45) is 11.8 Å². The van der Waals surface area contributed by atoms with Crippen LogP contribution in [0.1, 0.15) is 45.4 Å². The summed E-state index contributed by atoms with van der Waals surface area (Å²) in [5.41, 5.74) is 0. The summed E-state index contributed by atoms with van der Waals surface area (Å²) in [6, 6.07) is 0.355. The molecule has 1 amide bonds. The smallest absolute Gasteiger partial charge is 0.227 e. The van der Waals surface area contributed by atoms with E-state index in [2.05, 4.69) is 22.0 Å². The maximum absolute atomic E-state index is 12.7. The molecule has 0 aromatic rings. The number of rotatable bonds is 3. The van der Waals surface area contributed by atoms with Crippen LogP contribution in [0.4, 0.5) is 0 Å². The average molecular weight is 293 g/mol. The van der Waals surface area contributed by atoms with Gasteiger partial charge in [-0.05, 0) is 71.0 Å². The predicted octanol–water partition coefficient (Wildman–Crippen LogP) is 1.71. The molecule has 3 saturated heterocycles. The van der Waals surface area contributed by atoms with Crippen LogP contribution in [-0.4, -0.2) is 61.0 Å². The average Bonchev–Trinajstić information content (AvgIpc) is 3.01. The first-order valence-electron chi connectivity index (χ1n) is 8.98. The van der Waals surface area contributed by atoms with Crippen LogP contribution in [0.25, 0.3) is 0 Å². The van der Waals surface area contributed by atoms with E-state index in [1.54, 1.807) is 0 Å². The molecule has 3 fully saturated rings. The van der Waals surface area contributed by atoms with Crippen LogP contribution in [0.3, 0.4) is 0 Å². The molecule has 21 heavy (non-hydrogen) atoms. The van der Waals surface area contributed by atoms with Crippen molar-refractivity contribution in [3.05, 3.63) is 0 Å². The SMILES string of the molecule is CC1NCCCC1C(=O)N1CCC(CN2CCCC2)CC1. The number of likely N-dealkylation sites (tertiary alicyclic amines) is 2. The van der Waals surface area contributed by atoms with Crippen molar-refractivity contribution >= 4 is 5.91 Å². The molecule has 0 aromatic heterocycles. The Morgan fingerprint density at radius 3 is 2.43 bits per heavy atom. The molecule has 3 heterocycles. The standard InChI is InChI=1S/C17H31N3O/c1-14-16(5-4-8-18-14)17(21)20-11-6-15(7-12-20)13-19-9-2-3-10-19/h14-16,18H,2-13H2,1H3. The summed E-state index contributed by atoms with van der Waals surface area (Å²) in [6.45, 7) is 9.07. The molecule has 2 unspecified atom stereocenters. The van der Waals surface area contributed by atoms with E-state index in [4.69, 9.17) is 0 Å². The van der Waals surface area contributed by atoms with Gasteiger partial charge in [0.15, 0.2) is 0 Å². The molecule has 0 bridgehead atoms. The molecule has 120 valence electrons. The van der Waals surface area contributed by atoms with Crippen LogP contribution in [0.2, 0.25) is 0 Å². The molecule has 3 aliphatic rings. The van der Waals surface area contributed by atoms with E-state index < -0.39 is 0 Å². The fourth-order valence-electron chi connectivity index (χ4n) is 4.28. The van der Waals surface area contributed by atoms with Gasteiger partial charge in [0.1, 0.15) is 0 Å². The molecule has 0 aromatic carbocycles. The predicted molar refractivity (Wildman–Crippen MR) is 85.2 cm³/mol. The minimum absolute atomic E-state index is 0.217. The van der Waals surface area contributed by atoms with Gasteiger partial charge in [0.25, 0.3) is 0 Å². The Balaban J connectivity index is 1.45. The minimum atomic E-state index is 0.217. The Morgan fingerprint density at radius 1 is 1.05 bits per heavy atom. The molecule has 3 rings (SSSR count). The summed E-state index contributed by atoms with van der Waals surface area (Å²) in [7, 11) is 0. The van der Waals surface area contributed by atoms with Crippen LogP contribution in [0.15, 0.2) is 0 Å². The van der Waals surface area contributed by atoms with Crippen molar-refractivity contribution in [1.29, 1.82) is 0 Å². The van der Waals surface area contributed by atoms with Gasteiger partial charge in [-0.2, -0.15) is 0 Å². The van der Waals surface area contributed by atoms with Crippen LogP contribution < -0.4 is 5.32 Å². The second-order valence-corrected chi connectivity index (χ2v) is 7.27.